The van der Waals surface area contributed by atoms with E-state index in [0.717, 1.165) is 26.1 Å². The minimum absolute atomic E-state index is 0.00328. The Hall–Kier alpha value is -1.15. The summed E-state index contributed by atoms with van der Waals surface area (Å²) in [4.78, 5) is 7.73. The van der Waals surface area contributed by atoms with Gasteiger partial charge in [0.1, 0.15) is 0 Å². The fourth-order valence-corrected chi connectivity index (χ4v) is 2.65. The van der Waals surface area contributed by atoms with E-state index in [0.29, 0.717) is 12.0 Å². The average Bonchev–Trinajstić information content (AvgIpc) is 2.97. The summed E-state index contributed by atoms with van der Waals surface area (Å²) in [6, 6.07) is 0.533. The zero-order chi connectivity index (χ0) is 15.6. The molecule has 0 saturated carbocycles. The molecule has 1 atom stereocenters. The second kappa shape index (κ2) is 6.31. The molecule has 1 unspecified atom stereocenters. The number of hydrogen-bond acceptors (Lipinski definition) is 5. The molecule has 1 aliphatic heterocycles. The van der Waals surface area contributed by atoms with Crippen LogP contribution in [0, 0.1) is 5.92 Å². The van der Waals surface area contributed by atoms with Gasteiger partial charge < -0.3 is 9.42 Å². The van der Waals surface area contributed by atoms with Crippen molar-refractivity contribution in [2.24, 2.45) is 5.92 Å². The standard InChI is InChI=1S/C13H21F3N4O/c1-9(2)20-5-4-10(7-20)6-19(3)8-11-17-12(18-21-11)13(14,15)16/h9-10H,4-8H2,1-3H3. The molecule has 1 aromatic heterocycles. The van der Waals surface area contributed by atoms with Crippen LogP contribution in [0.3, 0.4) is 0 Å². The Morgan fingerprint density at radius 3 is 2.67 bits per heavy atom. The van der Waals surface area contributed by atoms with Crippen LogP contribution in [0.1, 0.15) is 32.0 Å². The third kappa shape index (κ3) is 4.41. The van der Waals surface area contributed by atoms with Crippen LogP contribution in [0.15, 0.2) is 4.52 Å². The number of halogens is 3. The van der Waals surface area contributed by atoms with Gasteiger partial charge in [0.25, 0.3) is 5.82 Å². The number of nitrogens with zero attached hydrogens (tertiary/aromatic N) is 4. The lowest BCUT2D eigenvalue weighted by Crippen LogP contribution is -2.31. The number of rotatable bonds is 5. The summed E-state index contributed by atoms with van der Waals surface area (Å²) >= 11 is 0. The Bertz CT molecular complexity index is 461. The molecule has 8 heteroatoms. The van der Waals surface area contributed by atoms with E-state index in [-0.39, 0.29) is 12.4 Å². The quantitative estimate of drug-likeness (QED) is 0.835. The number of hydrogen-bond donors (Lipinski definition) is 0. The SMILES string of the molecule is CC(C)N1CCC(CN(C)Cc2nc(C(F)(F)F)no2)C1. The van der Waals surface area contributed by atoms with Crippen LogP contribution >= 0.6 is 0 Å². The molecule has 1 fully saturated rings. The lowest BCUT2D eigenvalue weighted by Gasteiger charge is -2.22. The summed E-state index contributed by atoms with van der Waals surface area (Å²) in [5.41, 5.74) is 0. The molecule has 0 bridgehead atoms. The Kier molecular flexibility index (Phi) is 4.88. The molecule has 0 amide bonds. The van der Waals surface area contributed by atoms with E-state index < -0.39 is 12.0 Å². The molecule has 21 heavy (non-hydrogen) atoms. The molecule has 1 saturated heterocycles. The van der Waals surface area contributed by atoms with Crippen molar-refractivity contribution in [3.05, 3.63) is 11.7 Å². The maximum absolute atomic E-state index is 12.4. The first kappa shape index (κ1) is 16.2. The van der Waals surface area contributed by atoms with Gasteiger partial charge in [-0.2, -0.15) is 18.2 Å². The van der Waals surface area contributed by atoms with Gasteiger partial charge in [-0.1, -0.05) is 5.16 Å². The molecule has 5 nitrogen and oxygen atoms in total. The van der Waals surface area contributed by atoms with E-state index in [1.807, 2.05) is 11.9 Å². The Morgan fingerprint density at radius 2 is 2.14 bits per heavy atom. The van der Waals surface area contributed by atoms with Crippen molar-refractivity contribution >= 4 is 0 Å². The Labute approximate surface area is 122 Å². The summed E-state index contributed by atoms with van der Waals surface area (Å²) in [7, 11) is 1.86. The second-order valence-electron chi connectivity index (χ2n) is 5.95. The lowest BCUT2D eigenvalue weighted by atomic mass is 10.1. The highest BCUT2D eigenvalue weighted by Gasteiger charge is 2.37. The number of likely N-dealkylation sites (tertiary alicyclic amines) is 1. The predicted molar refractivity (Wildman–Crippen MR) is 70.5 cm³/mol. The van der Waals surface area contributed by atoms with E-state index in [1.165, 1.54) is 0 Å². The lowest BCUT2D eigenvalue weighted by molar-refractivity contribution is -0.146. The minimum Gasteiger partial charge on any atom is -0.338 e. The first-order valence-corrected chi connectivity index (χ1v) is 7.08. The average molecular weight is 306 g/mol. The van der Waals surface area contributed by atoms with E-state index >= 15 is 0 Å². The highest BCUT2D eigenvalue weighted by Crippen LogP contribution is 2.26. The molecule has 1 aliphatic rings. The number of alkyl halides is 3. The topological polar surface area (TPSA) is 45.4 Å². The van der Waals surface area contributed by atoms with Crippen molar-refractivity contribution in [3.63, 3.8) is 0 Å². The molecule has 0 spiro atoms. The van der Waals surface area contributed by atoms with Gasteiger partial charge in [-0.25, -0.2) is 0 Å². The van der Waals surface area contributed by atoms with Gasteiger partial charge in [-0.15, -0.1) is 0 Å². The largest absolute Gasteiger partial charge is 0.455 e. The molecule has 1 aromatic rings. The van der Waals surface area contributed by atoms with Gasteiger partial charge >= 0.3 is 6.18 Å². The van der Waals surface area contributed by atoms with E-state index in [1.54, 1.807) is 0 Å². The van der Waals surface area contributed by atoms with Gasteiger partial charge in [0, 0.05) is 19.1 Å². The molecule has 120 valence electrons. The predicted octanol–water partition coefficient (Wildman–Crippen LogP) is 2.25. The normalized spacial score (nSPS) is 20.9. The third-order valence-electron chi connectivity index (χ3n) is 3.74. The maximum atomic E-state index is 12.4. The first-order valence-electron chi connectivity index (χ1n) is 7.08. The molecule has 0 aromatic carbocycles. The summed E-state index contributed by atoms with van der Waals surface area (Å²) < 4.78 is 41.8. The zero-order valence-electron chi connectivity index (χ0n) is 12.5. The third-order valence-corrected chi connectivity index (χ3v) is 3.74. The van der Waals surface area contributed by atoms with Crippen molar-refractivity contribution in [1.82, 2.24) is 19.9 Å². The van der Waals surface area contributed by atoms with Gasteiger partial charge in [-0.3, -0.25) is 4.90 Å². The van der Waals surface area contributed by atoms with Crippen LogP contribution in [0.2, 0.25) is 0 Å². The van der Waals surface area contributed by atoms with E-state index in [4.69, 9.17) is 0 Å². The highest BCUT2D eigenvalue weighted by molar-refractivity contribution is 4.91. The van der Waals surface area contributed by atoms with Gasteiger partial charge in [0.05, 0.1) is 6.54 Å². The molecular weight excluding hydrogens is 285 g/mol. The van der Waals surface area contributed by atoms with Crippen LogP contribution in [-0.4, -0.2) is 52.7 Å². The smallest absolute Gasteiger partial charge is 0.338 e. The van der Waals surface area contributed by atoms with Crippen LogP contribution in [-0.2, 0) is 12.7 Å². The van der Waals surface area contributed by atoms with E-state index in [2.05, 4.69) is 33.4 Å². The van der Waals surface area contributed by atoms with Gasteiger partial charge in [-0.05, 0) is 39.8 Å². The minimum atomic E-state index is -4.55. The summed E-state index contributed by atoms with van der Waals surface area (Å²) in [5, 5.41) is 2.96. The summed E-state index contributed by atoms with van der Waals surface area (Å²) in [6.45, 7) is 7.50. The Balaban J connectivity index is 1.82. The first-order chi connectivity index (χ1) is 9.75. The van der Waals surface area contributed by atoms with Crippen molar-refractivity contribution in [2.45, 2.75) is 39.0 Å². The van der Waals surface area contributed by atoms with Crippen molar-refractivity contribution in [1.29, 1.82) is 0 Å². The zero-order valence-corrected chi connectivity index (χ0v) is 12.5. The molecule has 2 rings (SSSR count). The summed E-state index contributed by atoms with van der Waals surface area (Å²) in [6.07, 6.45) is -3.44. The summed E-state index contributed by atoms with van der Waals surface area (Å²) in [5.74, 6) is -0.677. The van der Waals surface area contributed by atoms with Crippen molar-refractivity contribution in [2.75, 3.05) is 26.7 Å². The Morgan fingerprint density at radius 1 is 1.43 bits per heavy atom. The van der Waals surface area contributed by atoms with E-state index in [9.17, 15) is 13.2 Å². The fourth-order valence-electron chi connectivity index (χ4n) is 2.65. The molecule has 0 N–H and O–H groups in total. The fraction of sp³-hybridized carbons (Fsp3) is 0.846. The van der Waals surface area contributed by atoms with Gasteiger partial charge in [0.2, 0.25) is 5.89 Å². The van der Waals surface area contributed by atoms with Gasteiger partial charge in [0.15, 0.2) is 0 Å². The molecule has 2 heterocycles. The van der Waals surface area contributed by atoms with Crippen molar-refractivity contribution in [3.8, 4) is 0 Å². The second-order valence-corrected chi connectivity index (χ2v) is 5.95. The van der Waals surface area contributed by atoms with Crippen LogP contribution in [0.25, 0.3) is 0 Å². The molecular formula is C13H21F3N4O. The maximum Gasteiger partial charge on any atom is 0.455 e. The molecule has 0 radical (unpaired) electrons. The number of aromatic nitrogens is 2. The molecule has 0 aliphatic carbocycles. The van der Waals surface area contributed by atoms with Crippen LogP contribution < -0.4 is 0 Å². The van der Waals surface area contributed by atoms with Crippen LogP contribution in [0.4, 0.5) is 13.2 Å². The van der Waals surface area contributed by atoms with Crippen LogP contribution in [0.5, 0.6) is 0 Å². The highest BCUT2D eigenvalue weighted by atomic mass is 19.4. The van der Waals surface area contributed by atoms with Crippen molar-refractivity contribution < 1.29 is 17.7 Å². The monoisotopic (exact) mass is 306 g/mol.